The smallest absolute Gasteiger partial charge is 0.225 e. The van der Waals surface area contributed by atoms with E-state index in [1.54, 1.807) is 7.05 Å². The predicted molar refractivity (Wildman–Crippen MR) is 99.3 cm³/mol. The molecule has 1 aliphatic carbocycles. The van der Waals surface area contributed by atoms with Gasteiger partial charge >= 0.3 is 0 Å². The van der Waals surface area contributed by atoms with Gasteiger partial charge in [0, 0.05) is 37.8 Å². The average Bonchev–Trinajstić information content (AvgIpc) is 3.30. The minimum Gasteiger partial charge on any atom is -0.352 e. The summed E-state index contributed by atoms with van der Waals surface area (Å²) in [5, 5.41) is 6.76. The van der Waals surface area contributed by atoms with Gasteiger partial charge in [-0.05, 0) is 38.3 Å². The lowest BCUT2D eigenvalue weighted by Crippen LogP contribution is -2.45. The third kappa shape index (κ3) is 4.71. The summed E-state index contributed by atoms with van der Waals surface area (Å²) < 4.78 is 0. The number of aromatic nitrogens is 1. The van der Waals surface area contributed by atoms with Crippen molar-refractivity contribution in [3.63, 3.8) is 0 Å². The van der Waals surface area contributed by atoms with Gasteiger partial charge in [-0.1, -0.05) is 18.9 Å². The summed E-state index contributed by atoms with van der Waals surface area (Å²) in [6.45, 7) is 4.26. The van der Waals surface area contributed by atoms with Gasteiger partial charge in [-0.2, -0.15) is 0 Å². The Morgan fingerprint density at radius 1 is 1.32 bits per heavy atom. The highest BCUT2D eigenvalue weighted by Gasteiger charge is 2.32. The highest BCUT2D eigenvalue weighted by atomic mass is 16.2. The number of likely N-dealkylation sites (tertiary alicyclic amines) is 1. The highest BCUT2D eigenvalue weighted by Crippen LogP contribution is 2.27. The number of carbonyl (C=O) groups is 1. The van der Waals surface area contributed by atoms with Crippen molar-refractivity contribution in [3.8, 4) is 0 Å². The van der Waals surface area contributed by atoms with Crippen LogP contribution in [0.2, 0.25) is 0 Å². The van der Waals surface area contributed by atoms with Gasteiger partial charge in [0.25, 0.3) is 0 Å². The predicted octanol–water partition coefficient (Wildman–Crippen LogP) is 1.85. The van der Waals surface area contributed by atoms with E-state index in [2.05, 4.69) is 20.6 Å². The van der Waals surface area contributed by atoms with Crippen LogP contribution in [0.3, 0.4) is 0 Å². The molecule has 1 saturated carbocycles. The molecule has 1 unspecified atom stereocenters. The molecule has 1 amide bonds. The summed E-state index contributed by atoms with van der Waals surface area (Å²) in [5.41, 5.74) is 2.01. The maximum absolute atomic E-state index is 12.5. The number of nitrogens with one attached hydrogen (secondary N) is 2. The van der Waals surface area contributed by atoms with E-state index < -0.39 is 0 Å². The molecule has 2 aliphatic rings. The number of guanidine groups is 1. The van der Waals surface area contributed by atoms with Crippen LogP contribution in [0.15, 0.2) is 23.2 Å². The van der Waals surface area contributed by atoms with Gasteiger partial charge in [0.2, 0.25) is 5.91 Å². The molecule has 6 heteroatoms. The molecule has 3 rings (SSSR count). The monoisotopic (exact) mass is 343 g/mol. The number of carbonyl (C=O) groups excluding carboxylic acids is 1. The van der Waals surface area contributed by atoms with E-state index in [-0.39, 0.29) is 12.0 Å². The Hall–Kier alpha value is -2.11. The Balaban J connectivity index is 1.47. The van der Waals surface area contributed by atoms with Crippen LogP contribution in [0.4, 0.5) is 0 Å². The van der Waals surface area contributed by atoms with Gasteiger partial charge in [-0.25, -0.2) is 0 Å². The molecule has 1 aromatic rings. The fourth-order valence-electron chi connectivity index (χ4n) is 3.77. The van der Waals surface area contributed by atoms with Crippen molar-refractivity contribution in [1.82, 2.24) is 20.5 Å². The standard InChI is InChI=1S/C19H29N5O/c1-14-6-5-9-16(22-14)12-21-19(20-2)23-17-10-11-24(13-17)18(25)15-7-3-4-8-15/h5-6,9,15,17H,3-4,7-8,10-13H2,1-2H3,(H2,20,21,23). The van der Waals surface area contributed by atoms with E-state index in [0.717, 1.165) is 49.7 Å². The maximum atomic E-state index is 12.5. The molecule has 6 nitrogen and oxygen atoms in total. The summed E-state index contributed by atoms with van der Waals surface area (Å²) in [6, 6.07) is 6.27. The zero-order chi connectivity index (χ0) is 17.6. The molecule has 2 fully saturated rings. The Morgan fingerprint density at radius 3 is 2.84 bits per heavy atom. The van der Waals surface area contributed by atoms with Crippen LogP contribution in [0.1, 0.15) is 43.5 Å². The lowest BCUT2D eigenvalue weighted by Gasteiger charge is -2.21. The quantitative estimate of drug-likeness (QED) is 0.647. The minimum atomic E-state index is 0.266. The molecule has 1 aliphatic heterocycles. The normalized spacial score (nSPS) is 21.6. The fraction of sp³-hybridized carbons (Fsp3) is 0.632. The van der Waals surface area contributed by atoms with Crippen molar-refractivity contribution in [1.29, 1.82) is 0 Å². The number of hydrogen-bond donors (Lipinski definition) is 2. The van der Waals surface area contributed by atoms with Crippen LogP contribution in [0, 0.1) is 12.8 Å². The second-order valence-corrected chi connectivity index (χ2v) is 7.09. The van der Waals surface area contributed by atoms with Gasteiger partial charge in [0.1, 0.15) is 0 Å². The zero-order valence-electron chi connectivity index (χ0n) is 15.3. The van der Waals surface area contributed by atoms with Gasteiger partial charge in [-0.15, -0.1) is 0 Å². The number of pyridine rings is 1. The summed E-state index contributed by atoms with van der Waals surface area (Å²) in [6.07, 6.45) is 5.52. The SMILES string of the molecule is CN=C(NCc1cccc(C)n1)NC1CCN(C(=O)C2CCCC2)C1. The summed E-state index contributed by atoms with van der Waals surface area (Å²) >= 11 is 0. The topological polar surface area (TPSA) is 69.6 Å². The van der Waals surface area contributed by atoms with Crippen LogP contribution in [-0.4, -0.2) is 47.9 Å². The Labute approximate surface area is 150 Å². The van der Waals surface area contributed by atoms with Crippen LogP contribution < -0.4 is 10.6 Å². The van der Waals surface area contributed by atoms with Crippen LogP contribution in [-0.2, 0) is 11.3 Å². The van der Waals surface area contributed by atoms with Gasteiger partial charge in [-0.3, -0.25) is 14.8 Å². The Morgan fingerprint density at radius 2 is 2.12 bits per heavy atom. The van der Waals surface area contributed by atoms with Crippen molar-refractivity contribution in [2.24, 2.45) is 10.9 Å². The molecule has 25 heavy (non-hydrogen) atoms. The fourth-order valence-corrected chi connectivity index (χ4v) is 3.77. The number of rotatable bonds is 4. The lowest BCUT2D eigenvalue weighted by atomic mass is 10.1. The molecule has 0 spiro atoms. The number of amides is 1. The molecule has 0 radical (unpaired) electrons. The van der Waals surface area contributed by atoms with Gasteiger partial charge < -0.3 is 15.5 Å². The van der Waals surface area contributed by atoms with Crippen molar-refractivity contribution < 1.29 is 4.79 Å². The first-order valence-corrected chi connectivity index (χ1v) is 9.34. The number of nitrogens with zero attached hydrogens (tertiary/aromatic N) is 3. The lowest BCUT2D eigenvalue weighted by molar-refractivity contribution is -0.134. The Bertz CT molecular complexity index is 624. The summed E-state index contributed by atoms with van der Waals surface area (Å²) in [5.74, 6) is 1.39. The average molecular weight is 343 g/mol. The van der Waals surface area contributed by atoms with E-state index in [1.807, 2.05) is 30.0 Å². The van der Waals surface area contributed by atoms with E-state index in [0.29, 0.717) is 12.5 Å². The van der Waals surface area contributed by atoms with Gasteiger partial charge in [0.15, 0.2) is 5.96 Å². The first-order chi connectivity index (χ1) is 12.2. The number of hydrogen-bond acceptors (Lipinski definition) is 3. The molecule has 1 saturated heterocycles. The Kier molecular flexibility index (Phi) is 5.89. The molecule has 2 N–H and O–H groups in total. The molecular weight excluding hydrogens is 314 g/mol. The highest BCUT2D eigenvalue weighted by molar-refractivity contribution is 5.81. The van der Waals surface area contributed by atoms with E-state index >= 15 is 0 Å². The van der Waals surface area contributed by atoms with Crippen LogP contribution in [0.25, 0.3) is 0 Å². The molecule has 136 valence electrons. The van der Waals surface area contributed by atoms with E-state index in [4.69, 9.17) is 0 Å². The van der Waals surface area contributed by atoms with Gasteiger partial charge in [0.05, 0.1) is 12.2 Å². The zero-order valence-corrected chi connectivity index (χ0v) is 15.3. The third-order valence-electron chi connectivity index (χ3n) is 5.15. The molecule has 0 bridgehead atoms. The second-order valence-electron chi connectivity index (χ2n) is 7.09. The van der Waals surface area contributed by atoms with Crippen molar-refractivity contribution in [2.45, 2.75) is 51.6 Å². The van der Waals surface area contributed by atoms with Crippen LogP contribution in [0.5, 0.6) is 0 Å². The summed E-state index contributed by atoms with van der Waals surface area (Å²) in [7, 11) is 1.77. The van der Waals surface area contributed by atoms with E-state index in [9.17, 15) is 4.79 Å². The molecule has 1 atom stereocenters. The van der Waals surface area contributed by atoms with Crippen molar-refractivity contribution in [3.05, 3.63) is 29.6 Å². The minimum absolute atomic E-state index is 0.266. The van der Waals surface area contributed by atoms with Crippen LogP contribution >= 0.6 is 0 Å². The van der Waals surface area contributed by atoms with E-state index in [1.165, 1.54) is 12.8 Å². The first kappa shape index (κ1) is 17.7. The van der Waals surface area contributed by atoms with Crippen molar-refractivity contribution >= 4 is 11.9 Å². The molecule has 1 aromatic heterocycles. The van der Waals surface area contributed by atoms with Crippen molar-refractivity contribution in [2.75, 3.05) is 20.1 Å². The molecule has 0 aromatic carbocycles. The first-order valence-electron chi connectivity index (χ1n) is 9.34. The molecule has 2 heterocycles. The number of aryl methyl sites for hydroxylation is 1. The largest absolute Gasteiger partial charge is 0.352 e. The second kappa shape index (κ2) is 8.32. The maximum Gasteiger partial charge on any atom is 0.225 e. The summed E-state index contributed by atoms with van der Waals surface area (Å²) in [4.78, 5) is 23.4. The molecular formula is C19H29N5O. The third-order valence-corrected chi connectivity index (χ3v) is 5.15. The number of aliphatic imine (C=N–C) groups is 1.